The summed E-state index contributed by atoms with van der Waals surface area (Å²) in [5.74, 6) is -1.71. The Bertz CT molecular complexity index is 715. The van der Waals surface area contributed by atoms with Gasteiger partial charge in [0.2, 0.25) is 0 Å². The van der Waals surface area contributed by atoms with E-state index in [0.29, 0.717) is 22.6 Å². The molecule has 0 unspecified atom stereocenters. The van der Waals surface area contributed by atoms with Crippen LogP contribution in [0.2, 0.25) is 0 Å². The van der Waals surface area contributed by atoms with E-state index in [2.05, 4.69) is 0 Å². The predicted molar refractivity (Wildman–Crippen MR) is 95.0 cm³/mol. The first kappa shape index (κ1) is 19.2. The number of Topliss-reactive ketones (excluding diaryl/α,β-unsaturated/α-hetero) is 2. The van der Waals surface area contributed by atoms with E-state index in [1.165, 1.54) is 14.2 Å². The third kappa shape index (κ3) is 4.92. The van der Waals surface area contributed by atoms with E-state index >= 15 is 0 Å². The third-order valence-electron chi connectivity index (χ3n) is 4.04. The summed E-state index contributed by atoms with van der Waals surface area (Å²) >= 11 is 0. The number of carboxylic acids is 1. The van der Waals surface area contributed by atoms with Crippen LogP contribution in [0.5, 0.6) is 11.5 Å². The van der Waals surface area contributed by atoms with Crippen LogP contribution >= 0.6 is 0 Å². The molecule has 0 amide bonds. The summed E-state index contributed by atoms with van der Waals surface area (Å²) < 4.78 is 10.1. The molecule has 0 aliphatic rings. The van der Waals surface area contributed by atoms with Crippen molar-refractivity contribution in [2.45, 2.75) is 12.8 Å². The van der Waals surface area contributed by atoms with E-state index in [1.807, 2.05) is 0 Å². The molecule has 0 saturated carbocycles. The maximum atomic E-state index is 12.3. The van der Waals surface area contributed by atoms with Gasteiger partial charge in [-0.2, -0.15) is 0 Å². The molecule has 0 heterocycles. The Hall–Kier alpha value is -3.15. The van der Waals surface area contributed by atoms with Crippen LogP contribution in [-0.4, -0.2) is 36.9 Å². The second-order valence-corrected chi connectivity index (χ2v) is 5.75. The Morgan fingerprint density at radius 2 is 1.12 bits per heavy atom. The second kappa shape index (κ2) is 8.80. The molecule has 0 fully saturated rings. The minimum absolute atomic E-state index is 0.246. The zero-order valence-electron chi connectivity index (χ0n) is 14.6. The van der Waals surface area contributed by atoms with Gasteiger partial charge in [-0.1, -0.05) is 0 Å². The van der Waals surface area contributed by atoms with Crippen molar-refractivity contribution in [1.82, 2.24) is 0 Å². The first-order valence-electron chi connectivity index (χ1n) is 8.02. The molecule has 26 heavy (non-hydrogen) atoms. The molecule has 0 bridgehead atoms. The average Bonchev–Trinajstić information content (AvgIpc) is 2.67. The highest BCUT2D eigenvalue weighted by molar-refractivity contribution is 6.01. The topological polar surface area (TPSA) is 89.9 Å². The molecule has 0 radical (unpaired) electrons. The minimum atomic E-state index is -1.17. The van der Waals surface area contributed by atoms with Crippen molar-refractivity contribution >= 4 is 17.5 Å². The standard InChI is InChI=1S/C20H20O6/c1-25-16-7-3-13(4-8-16)18(21)11-15(20(23)24)12-19(22)14-5-9-17(26-2)10-6-14/h3-10,15H,11-12H2,1-2H3,(H,23,24). The summed E-state index contributed by atoms with van der Waals surface area (Å²) in [7, 11) is 3.03. The zero-order chi connectivity index (χ0) is 19.1. The molecule has 1 N–H and O–H groups in total. The normalized spacial score (nSPS) is 10.4. The van der Waals surface area contributed by atoms with Gasteiger partial charge in [0.25, 0.3) is 0 Å². The SMILES string of the molecule is COc1ccc(C(=O)CC(CC(=O)c2ccc(OC)cc2)C(=O)O)cc1. The van der Waals surface area contributed by atoms with Gasteiger partial charge >= 0.3 is 5.97 Å². The van der Waals surface area contributed by atoms with Crippen LogP contribution in [0.3, 0.4) is 0 Å². The van der Waals surface area contributed by atoms with Gasteiger partial charge in [-0.3, -0.25) is 14.4 Å². The fraction of sp³-hybridized carbons (Fsp3) is 0.250. The molecular weight excluding hydrogens is 336 g/mol. The van der Waals surface area contributed by atoms with Gasteiger partial charge in [-0.05, 0) is 48.5 Å². The summed E-state index contributed by atoms with van der Waals surface area (Å²) in [5, 5.41) is 9.38. The monoisotopic (exact) mass is 356 g/mol. The summed E-state index contributed by atoms with van der Waals surface area (Å²) in [6.45, 7) is 0. The Labute approximate surface area is 151 Å². The summed E-state index contributed by atoms with van der Waals surface area (Å²) in [5.41, 5.74) is 0.767. The number of ether oxygens (including phenoxy) is 2. The molecule has 136 valence electrons. The fourth-order valence-corrected chi connectivity index (χ4v) is 2.48. The van der Waals surface area contributed by atoms with Gasteiger partial charge < -0.3 is 14.6 Å². The Balaban J connectivity index is 2.06. The van der Waals surface area contributed by atoms with Crippen molar-refractivity contribution in [2.75, 3.05) is 14.2 Å². The lowest BCUT2D eigenvalue weighted by Gasteiger charge is -2.11. The highest BCUT2D eigenvalue weighted by Crippen LogP contribution is 2.20. The van der Waals surface area contributed by atoms with Crippen LogP contribution in [0.15, 0.2) is 48.5 Å². The molecule has 0 aliphatic heterocycles. The van der Waals surface area contributed by atoms with Crippen LogP contribution in [0.1, 0.15) is 33.6 Å². The zero-order valence-corrected chi connectivity index (χ0v) is 14.6. The Morgan fingerprint density at radius 3 is 1.38 bits per heavy atom. The van der Waals surface area contributed by atoms with Crippen LogP contribution < -0.4 is 9.47 Å². The fourth-order valence-electron chi connectivity index (χ4n) is 2.48. The van der Waals surface area contributed by atoms with Gasteiger partial charge in [0.05, 0.1) is 20.1 Å². The number of rotatable bonds is 9. The summed E-state index contributed by atoms with van der Waals surface area (Å²) in [4.78, 5) is 36.1. The third-order valence-corrected chi connectivity index (χ3v) is 4.04. The maximum Gasteiger partial charge on any atom is 0.307 e. The van der Waals surface area contributed by atoms with Gasteiger partial charge in [0.1, 0.15) is 11.5 Å². The van der Waals surface area contributed by atoms with E-state index in [1.54, 1.807) is 48.5 Å². The number of carbonyl (C=O) groups excluding carboxylic acids is 2. The Morgan fingerprint density at radius 1 is 0.769 bits per heavy atom. The van der Waals surface area contributed by atoms with Crippen molar-refractivity contribution in [1.29, 1.82) is 0 Å². The van der Waals surface area contributed by atoms with Crippen LogP contribution in [0.25, 0.3) is 0 Å². The summed E-state index contributed by atoms with van der Waals surface area (Å²) in [6.07, 6.45) is -0.493. The molecule has 2 aromatic rings. The van der Waals surface area contributed by atoms with E-state index in [0.717, 1.165) is 0 Å². The van der Waals surface area contributed by atoms with Crippen molar-refractivity contribution in [3.05, 3.63) is 59.7 Å². The van der Waals surface area contributed by atoms with Crippen LogP contribution in [0, 0.1) is 5.92 Å². The lowest BCUT2D eigenvalue weighted by molar-refractivity contribution is -0.141. The number of hydrogen-bond acceptors (Lipinski definition) is 5. The number of carbonyl (C=O) groups is 3. The van der Waals surface area contributed by atoms with E-state index in [-0.39, 0.29) is 24.4 Å². The first-order valence-corrected chi connectivity index (χ1v) is 8.02. The predicted octanol–water partition coefficient (Wildman–Crippen LogP) is 3.25. The van der Waals surface area contributed by atoms with Crippen molar-refractivity contribution in [3.8, 4) is 11.5 Å². The average molecular weight is 356 g/mol. The first-order chi connectivity index (χ1) is 12.4. The number of carboxylic acid groups (broad SMARTS) is 1. The van der Waals surface area contributed by atoms with Crippen LogP contribution in [0.4, 0.5) is 0 Å². The molecule has 0 atom stereocenters. The molecule has 6 heteroatoms. The molecule has 2 rings (SSSR count). The smallest absolute Gasteiger partial charge is 0.307 e. The van der Waals surface area contributed by atoms with Crippen molar-refractivity contribution in [2.24, 2.45) is 5.92 Å². The highest BCUT2D eigenvalue weighted by atomic mass is 16.5. The van der Waals surface area contributed by atoms with Crippen molar-refractivity contribution in [3.63, 3.8) is 0 Å². The van der Waals surface area contributed by atoms with E-state index < -0.39 is 11.9 Å². The largest absolute Gasteiger partial charge is 0.497 e. The number of ketones is 2. The molecular formula is C20H20O6. The molecule has 0 aromatic heterocycles. The van der Waals surface area contributed by atoms with E-state index in [9.17, 15) is 19.5 Å². The van der Waals surface area contributed by atoms with Gasteiger partial charge in [0, 0.05) is 24.0 Å². The molecule has 0 aliphatic carbocycles. The molecule has 2 aromatic carbocycles. The number of methoxy groups -OCH3 is 2. The van der Waals surface area contributed by atoms with Gasteiger partial charge in [-0.25, -0.2) is 0 Å². The lowest BCUT2D eigenvalue weighted by atomic mass is 9.92. The van der Waals surface area contributed by atoms with Crippen molar-refractivity contribution < 1.29 is 29.0 Å². The molecule has 0 spiro atoms. The lowest BCUT2D eigenvalue weighted by Crippen LogP contribution is -2.21. The molecule has 0 saturated heterocycles. The number of benzene rings is 2. The number of hydrogen-bond donors (Lipinski definition) is 1. The van der Waals surface area contributed by atoms with E-state index in [4.69, 9.17) is 9.47 Å². The maximum absolute atomic E-state index is 12.3. The Kier molecular flexibility index (Phi) is 6.49. The van der Waals surface area contributed by atoms with Gasteiger partial charge in [0.15, 0.2) is 11.6 Å². The second-order valence-electron chi connectivity index (χ2n) is 5.75. The van der Waals surface area contributed by atoms with Crippen LogP contribution in [-0.2, 0) is 4.79 Å². The highest BCUT2D eigenvalue weighted by Gasteiger charge is 2.25. The molecule has 6 nitrogen and oxygen atoms in total. The quantitative estimate of drug-likeness (QED) is 0.694. The van der Waals surface area contributed by atoms with Gasteiger partial charge in [-0.15, -0.1) is 0 Å². The number of aliphatic carboxylic acids is 1. The minimum Gasteiger partial charge on any atom is -0.497 e. The summed E-state index contributed by atoms with van der Waals surface area (Å²) in [6, 6.07) is 12.8.